The zero-order valence-electron chi connectivity index (χ0n) is 8.14. The molecule has 0 radical (unpaired) electrons. The van der Waals surface area contributed by atoms with E-state index in [1.54, 1.807) is 12.1 Å². The predicted octanol–water partition coefficient (Wildman–Crippen LogP) is 3.34. The molecule has 0 aliphatic carbocycles. The van der Waals surface area contributed by atoms with E-state index < -0.39 is 5.97 Å². The monoisotopic (exact) mass is 334 g/mol. The van der Waals surface area contributed by atoms with Crippen molar-refractivity contribution < 1.29 is 14.3 Å². The lowest BCUT2D eigenvalue weighted by Gasteiger charge is -2.08. The van der Waals surface area contributed by atoms with Crippen LogP contribution in [0.2, 0.25) is 0 Å². The molecule has 0 unspecified atom stereocenters. The second-order valence-electron chi connectivity index (χ2n) is 2.92. The third kappa shape index (κ3) is 3.14. The molecule has 15 heavy (non-hydrogen) atoms. The lowest BCUT2D eigenvalue weighted by atomic mass is 10.1. The third-order valence-corrected chi connectivity index (χ3v) is 2.83. The van der Waals surface area contributed by atoms with Crippen molar-refractivity contribution in [2.24, 2.45) is 0 Å². The Morgan fingerprint density at radius 2 is 1.60 bits per heavy atom. The van der Waals surface area contributed by atoms with E-state index in [-0.39, 0.29) is 5.78 Å². The second kappa shape index (κ2) is 4.90. The Labute approximate surface area is 104 Å². The Morgan fingerprint density at radius 1 is 1.13 bits per heavy atom. The highest BCUT2D eigenvalue weighted by Crippen LogP contribution is 2.34. The highest BCUT2D eigenvalue weighted by atomic mass is 79.9. The number of hydrogen-bond donors (Lipinski definition) is 0. The number of carbonyl (C=O) groups is 2. The van der Waals surface area contributed by atoms with Crippen molar-refractivity contribution in [2.45, 2.75) is 13.8 Å². The van der Waals surface area contributed by atoms with Crippen LogP contribution < -0.4 is 4.74 Å². The van der Waals surface area contributed by atoms with E-state index in [0.29, 0.717) is 20.3 Å². The fourth-order valence-electron chi connectivity index (χ4n) is 1.00. The number of Topliss-reactive ketones (excluding diaryl/α,β-unsaturated/α-hetero) is 1. The number of hydrogen-bond acceptors (Lipinski definition) is 3. The van der Waals surface area contributed by atoms with Gasteiger partial charge >= 0.3 is 5.97 Å². The van der Waals surface area contributed by atoms with Gasteiger partial charge in [-0.05, 0) is 50.9 Å². The summed E-state index contributed by atoms with van der Waals surface area (Å²) in [6.07, 6.45) is 0. The van der Waals surface area contributed by atoms with Crippen LogP contribution in [0.5, 0.6) is 5.75 Å². The minimum absolute atomic E-state index is 0.0502. The first-order valence-electron chi connectivity index (χ1n) is 4.10. The molecular formula is C10H8Br2O3. The van der Waals surface area contributed by atoms with Crippen LogP contribution in [0.1, 0.15) is 24.2 Å². The molecule has 0 spiro atoms. The maximum Gasteiger partial charge on any atom is 0.308 e. The molecule has 0 N–H and O–H groups in total. The first-order chi connectivity index (χ1) is 6.91. The van der Waals surface area contributed by atoms with E-state index in [0.717, 1.165) is 0 Å². The van der Waals surface area contributed by atoms with E-state index in [1.165, 1.54) is 13.8 Å². The van der Waals surface area contributed by atoms with Crippen molar-refractivity contribution in [1.82, 2.24) is 0 Å². The van der Waals surface area contributed by atoms with Crippen LogP contribution in [0.3, 0.4) is 0 Å². The maximum atomic E-state index is 11.1. The Morgan fingerprint density at radius 3 is 1.93 bits per heavy atom. The maximum absolute atomic E-state index is 11.1. The number of halogens is 2. The lowest BCUT2D eigenvalue weighted by Crippen LogP contribution is -2.03. The van der Waals surface area contributed by atoms with Crippen molar-refractivity contribution in [3.63, 3.8) is 0 Å². The summed E-state index contributed by atoms with van der Waals surface area (Å²) in [5.74, 6) is -0.0785. The van der Waals surface area contributed by atoms with Crippen LogP contribution >= 0.6 is 31.9 Å². The minimum atomic E-state index is -0.410. The number of benzene rings is 1. The van der Waals surface area contributed by atoms with Crippen molar-refractivity contribution in [1.29, 1.82) is 0 Å². The summed E-state index contributed by atoms with van der Waals surface area (Å²) in [5, 5.41) is 0. The molecular weight excluding hydrogens is 328 g/mol. The van der Waals surface area contributed by atoms with Gasteiger partial charge in [-0.25, -0.2) is 0 Å². The lowest BCUT2D eigenvalue weighted by molar-refractivity contribution is -0.131. The third-order valence-electron chi connectivity index (χ3n) is 1.65. The standard InChI is InChI=1S/C10H8Br2O3/c1-5(13)7-3-8(11)10(9(12)4-7)15-6(2)14/h3-4H,1-2H3. The van der Waals surface area contributed by atoms with Crippen molar-refractivity contribution in [3.8, 4) is 5.75 Å². The molecule has 80 valence electrons. The summed E-state index contributed by atoms with van der Waals surface area (Å²) >= 11 is 6.47. The van der Waals surface area contributed by atoms with Gasteiger partial charge in [-0.1, -0.05) is 0 Å². The molecule has 0 aromatic heterocycles. The van der Waals surface area contributed by atoms with E-state index in [9.17, 15) is 9.59 Å². The first kappa shape index (κ1) is 12.4. The zero-order chi connectivity index (χ0) is 11.6. The molecule has 0 bridgehead atoms. The van der Waals surface area contributed by atoms with Crippen molar-refractivity contribution in [2.75, 3.05) is 0 Å². The SMILES string of the molecule is CC(=O)Oc1c(Br)cc(C(C)=O)cc1Br. The Hall–Kier alpha value is -0.680. The molecule has 0 saturated heterocycles. The largest absolute Gasteiger partial charge is 0.424 e. The van der Waals surface area contributed by atoms with Gasteiger partial charge in [0.15, 0.2) is 11.5 Å². The summed E-state index contributed by atoms with van der Waals surface area (Å²) < 4.78 is 6.10. The van der Waals surface area contributed by atoms with Gasteiger partial charge in [-0.2, -0.15) is 0 Å². The van der Waals surface area contributed by atoms with Crippen LogP contribution in [-0.4, -0.2) is 11.8 Å². The number of rotatable bonds is 2. The molecule has 5 heteroatoms. The summed E-state index contributed by atoms with van der Waals surface area (Å²) in [5.41, 5.74) is 0.546. The molecule has 1 aromatic rings. The molecule has 0 heterocycles. The van der Waals surface area contributed by atoms with Gasteiger partial charge in [0.1, 0.15) is 0 Å². The summed E-state index contributed by atoms with van der Waals surface area (Å²) in [7, 11) is 0. The van der Waals surface area contributed by atoms with Crippen LogP contribution in [0.25, 0.3) is 0 Å². The van der Waals surface area contributed by atoms with Gasteiger partial charge in [-0.15, -0.1) is 0 Å². The van der Waals surface area contributed by atoms with Crippen molar-refractivity contribution >= 4 is 43.6 Å². The average molecular weight is 336 g/mol. The molecule has 1 aromatic carbocycles. The van der Waals surface area contributed by atoms with Gasteiger partial charge in [0, 0.05) is 12.5 Å². The van der Waals surface area contributed by atoms with Crippen LogP contribution in [0, 0.1) is 0 Å². The Kier molecular flexibility index (Phi) is 4.04. The number of esters is 1. The second-order valence-corrected chi connectivity index (χ2v) is 4.63. The highest BCUT2D eigenvalue weighted by Gasteiger charge is 2.12. The topological polar surface area (TPSA) is 43.4 Å². The first-order valence-corrected chi connectivity index (χ1v) is 5.69. The molecule has 0 aliphatic heterocycles. The number of carbonyl (C=O) groups excluding carboxylic acids is 2. The highest BCUT2D eigenvalue weighted by molar-refractivity contribution is 9.11. The van der Waals surface area contributed by atoms with Crippen LogP contribution in [0.4, 0.5) is 0 Å². The molecule has 0 fully saturated rings. The van der Waals surface area contributed by atoms with Crippen LogP contribution in [0.15, 0.2) is 21.1 Å². The summed E-state index contributed by atoms with van der Waals surface area (Å²) in [4.78, 5) is 21.9. The summed E-state index contributed by atoms with van der Waals surface area (Å²) in [6.45, 7) is 2.79. The normalized spacial score (nSPS) is 9.87. The zero-order valence-corrected chi connectivity index (χ0v) is 11.3. The van der Waals surface area contributed by atoms with E-state index >= 15 is 0 Å². The molecule has 0 amide bonds. The van der Waals surface area contributed by atoms with E-state index in [4.69, 9.17) is 4.74 Å². The number of ketones is 1. The van der Waals surface area contributed by atoms with Gasteiger partial charge in [0.25, 0.3) is 0 Å². The fourth-order valence-corrected chi connectivity index (χ4v) is 2.35. The summed E-state index contributed by atoms with van der Waals surface area (Å²) in [6, 6.07) is 3.23. The minimum Gasteiger partial charge on any atom is -0.424 e. The van der Waals surface area contributed by atoms with Crippen LogP contribution in [-0.2, 0) is 4.79 Å². The molecule has 0 saturated carbocycles. The number of ether oxygens (including phenoxy) is 1. The predicted molar refractivity (Wildman–Crippen MR) is 63.2 cm³/mol. The van der Waals surface area contributed by atoms with Crippen molar-refractivity contribution in [3.05, 3.63) is 26.6 Å². The fraction of sp³-hybridized carbons (Fsp3) is 0.200. The quantitative estimate of drug-likeness (QED) is 0.473. The smallest absolute Gasteiger partial charge is 0.308 e. The van der Waals surface area contributed by atoms with E-state index in [1.807, 2.05) is 0 Å². The Balaban J connectivity index is 3.21. The Bertz CT molecular complexity index is 404. The van der Waals surface area contributed by atoms with Gasteiger partial charge in [0.05, 0.1) is 8.95 Å². The molecule has 0 aliphatic rings. The molecule has 3 nitrogen and oxygen atoms in total. The molecule has 0 atom stereocenters. The van der Waals surface area contributed by atoms with Gasteiger partial charge in [0.2, 0.25) is 0 Å². The van der Waals surface area contributed by atoms with Gasteiger partial charge in [-0.3, -0.25) is 9.59 Å². The van der Waals surface area contributed by atoms with Gasteiger partial charge < -0.3 is 4.74 Å². The molecule has 1 rings (SSSR count). The van der Waals surface area contributed by atoms with E-state index in [2.05, 4.69) is 31.9 Å². The average Bonchev–Trinajstić information content (AvgIpc) is 2.10.